The molecule has 6 N–H and O–H groups in total. The Morgan fingerprint density at radius 2 is 2.06 bits per heavy atom. The highest BCUT2D eigenvalue weighted by Crippen LogP contribution is 2.45. The molecule has 1 saturated heterocycles. The molecule has 4 heterocycles. The van der Waals surface area contributed by atoms with Gasteiger partial charge in [-0.05, 0) is 48.7 Å². The van der Waals surface area contributed by atoms with Crippen LogP contribution in [0.3, 0.4) is 0 Å². The number of anilines is 1. The number of hydrogen-bond donors (Lipinski definition) is 5. The summed E-state index contributed by atoms with van der Waals surface area (Å²) in [7, 11) is 0. The van der Waals surface area contributed by atoms with Crippen molar-refractivity contribution in [1.29, 1.82) is 0 Å². The molecule has 9 nitrogen and oxygen atoms in total. The maximum atomic E-state index is 14.7. The van der Waals surface area contributed by atoms with E-state index in [0.717, 1.165) is 6.07 Å². The lowest BCUT2D eigenvalue weighted by Gasteiger charge is -2.32. The van der Waals surface area contributed by atoms with Gasteiger partial charge in [0.05, 0.1) is 10.9 Å². The number of alkyl halides is 2. The van der Waals surface area contributed by atoms with E-state index in [4.69, 9.17) is 10.5 Å². The predicted molar refractivity (Wildman–Crippen MR) is 114 cm³/mol. The number of hydrogen-bond acceptors (Lipinski definition) is 8. The van der Waals surface area contributed by atoms with Crippen LogP contribution in [0.15, 0.2) is 24.7 Å². The molecule has 0 saturated carbocycles. The Kier molecular flexibility index (Phi) is 5.52. The number of aromatic nitrogens is 3. The monoisotopic (exact) mass is 479 g/mol. The fourth-order valence-electron chi connectivity index (χ4n) is 4.91. The molecule has 0 bridgehead atoms. The lowest BCUT2D eigenvalue weighted by molar-refractivity contribution is -0.115. The Morgan fingerprint density at radius 3 is 2.79 bits per heavy atom. The van der Waals surface area contributed by atoms with Gasteiger partial charge in [0.25, 0.3) is 6.43 Å². The standard InChI is InChI=1S/C22H24F3N5O4/c1-22(33)16(32)21(30-5-3-10-19(26)28-8-29-20(10)30)34-17(22)15(31)11-6-12(18(24)25)14(23)9-2-4-27-7-13(9)11/h3,5-6,8,15-18,21,27,31-33H,2,4,7H2,1H3,(H2,26,28,29)/t15?,16-,17+,21+,22-/m0/s1. The van der Waals surface area contributed by atoms with Crippen molar-refractivity contribution in [1.82, 2.24) is 19.9 Å². The van der Waals surface area contributed by atoms with Crippen molar-refractivity contribution in [2.75, 3.05) is 12.3 Å². The minimum Gasteiger partial charge on any atom is -0.386 e. The molecular formula is C22H24F3N5O4. The Balaban J connectivity index is 1.56. The van der Waals surface area contributed by atoms with E-state index in [1.54, 1.807) is 12.3 Å². The molecule has 2 aliphatic heterocycles. The van der Waals surface area contributed by atoms with Crippen LogP contribution in [0.25, 0.3) is 11.0 Å². The number of benzene rings is 1. The smallest absolute Gasteiger partial charge is 0.266 e. The summed E-state index contributed by atoms with van der Waals surface area (Å²) >= 11 is 0. The number of nitrogens with one attached hydrogen (secondary N) is 1. The van der Waals surface area contributed by atoms with E-state index in [9.17, 15) is 28.5 Å². The number of rotatable bonds is 4. The Hall–Kier alpha value is -2.77. The molecule has 5 atom stereocenters. The number of fused-ring (bicyclic) bond motifs is 2. The molecule has 0 aliphatic carbocycles. The molecule has 182 valence electrons. The minimum absolute atomic E-state index is 0.0148. The molecule has 0 radical (unpaired) electrons. The summed E-state index contributed by atoms with van der Waals surface area (Å²) in [5.74, 6) is -0.778. The summed E-state index contributed by atoms with van der Waals surface area (Å²) in [6.45, 7) is 1.83. The van der Waals surface area contributed by atoms with Crippen molar-refractivity contribution in [3.63, 3.8) is 0 Å². The predicted octanol–water partition coefficient (Wildman–Crippen LogP) is 1.48. The average Bonchev–Trinajstić information content (AvgIpc) is 3.33. The number of aliphatic hydroxyl groups is 3. The number of halogens is 3. The minimum atomic E-state index is -3.09. The van der Waals surface area contributed by atoms with Crippen molar-refractivity contribution in [3.8, 4) is 0 Å². The van der Waals surface area contributed by atoms with Crippen LogP contribution in [-0.4, -0.2) is 54.2 Å². The third kappa shape index (κ3) is 3.36. The first-order valence-electron chi connectivity index (χ1n) is 10.8. The van der Waals surface area contributed by atoms with Crippen LogP contribution in [0.2, 0.25) is 0 Å². The maximum absolute atomic E-state index is 14.7. The van der Waals surface area contributed by atoms with E-state index in [2.05, 4.69) is 15.3 Å². The number of nitrogens with two attached hydrogens (primary N) is 1. The largest absolute Gasteiger partial charge is 0.386 e. The number of nitrogens with zero attached hydrogens (tertiary/aromatic N) is 3. The highest BCUT2D eigenvalue weighted by Gasteiger charge is 2.56. The van der Waals surface area contributed by atoms with Crippen LogP contribution < -0.4 is 11.1 Å². The van der Waals surface area contributed by atoms with Crippen molar-refractivity contribution in [2.24, 2.45) is 0 Å². The van der Waals surface area contributed by atoms with E-state index in [1.165, 1.54) is 17.8 Å². The van der Waals surface area contributed by atoms with E-state index < -0.39 is 47.9 Å². The molecule has 0 amide bonds. The normalized spacial score (nSPS) is 27.9. The number of ether oxygens (including phenoxy) is 1. The van der Waals surface area contributed by atoms with Crippen molar-refractivity contribution < 1.29 is 33.2 Å². The summed E-state index contributed by atoms with van der Waals surface area (Å²) in [6.07, 6.45) is -5.89. The topological polar surface area (TPSA) is 139 Å². The van der Waals surface area contributed by atoms with Gasteiger partial charge >= 0.3 is 0 Å². The lowest BCUT2D eigenvalue weighted by atomic mass is 9.83. The zero-order valence-electron chi connectivity index (χ0n) is 18.1. The molecule has 2 aliphatic rings. The van der Waals surface area contributed by atoms with Crippen LogP contribution in [0, 0.1) is 5.82 Å². The number of aliphatic hydroxyl groups excluding tert-OH is 2. The van der Waals surface area contributed by atoms with Crippen LogP contribution in [0.5, 0.6) is 0 Å². The van der Waals surface area contributed by atoms with Crippen LogP contribution in [0.4, 0.5) is 19.0 Å². The molecule has 34 heavy (non-hydrogen) atoms. The molecule has 1 unspecified atom stereocenters. The Labute approximate surface area is 192 Å². The van der Waals surface area contributed by atoms with E-state index in [0.29, 0.717) is 23.1 Å². The zero-order valence-corrected chi connectivity index (χ0v) is 18.1. The number of nitrogen functional groups attached to an aromatic ring is 1. The third-order valence-electron chi connectivity index (χ3n) is 6.78. The van der Waals surface area contributed by atoms with Gasteiger partial charge in [0.2, 0.25) is 0 Å². The fourth-order valence-corrected chi connectivity index (χ4v) is 4.91. The van der Waals surface area contributed by atoms with Gasteiger partial charge in [-0.15, -0.1) is 0 Å². The molecule has 0 spiro atoms. The second-order valence-electron chi connectivity index (χ2n) is 8.84. The van der Waals surface area contributed by atoms with E-state index in [1.807, 2.05) is 0 Å². The van der Waals surface area contributed by atoms with Crippen LogP contribution in [-0.2, 0) is 17.7 Å². The second kappa shape index (κ2) is 8.17. The molecule has 2 aromatic heterocycles. The Morgan fingerprint density at radius 1 is 1.29 bits per heavy atom. The fraction of sp³-hybridized carbons (Fsp3) is 0.455. The molecule has 12 heteroatoms. The molecule has 1 fully saturated rings. The third-order valence-corrected chi connectivity index (χ3v) is 6.78. The first-order chi connectivity index (χ1) is 16.1. The summed E-state index contributed by atoms with van der Waals surface area (Å²) < 4.78 is 49.3. The van der Waals surface area contributed by atoms with Gasteiger partial charge in [-0.2, -0.15) is 0 Å². The first-order valence-corrected chi connectivity index (χ1v) is 10.8. The second-order valence-corrected chi connectivity index (χ2v) is 8.84. The highest BCUT2D eigenvalue weighted by molar-refractivity contribution is 5.86. The maximum Gasteiger partial charge on any atom is 0.266 e. The Bertz CT molecular complexity index is 1250. The molecule has 3 aromatic rings. The van der Waals surface area contributed by atoms with Gasteiger partial charge in [0.1, 0.15) is 47.5 Å². The van der Waals surface area contributed by atoms with Crippen molar-refractivity contribution >= 4 is 16.9 Å². The summed E-state index contributed by atoms with van der Waals surface area (Å²) in [5.41, 5.74) is 3.84. The van der Waals surface area contributed by atoms with Gasteiger partial charge in [0, 0.05) is 12.7 Å². The van der Waals surface area contributed by atoms with E-state index in [-0.39, 0.29) is 29.9 Å². The van der Waals surface area contributed by atoms with Gasteiger partial charge in [0.15, 0.2) is 6.23 Å². The van der Waals surface area contributed by atoms with Crippen molar-refractivity contribution in [3.05, 3.63) is 52.7 Å². The van der Waals surface area contributed by atoms with Gasteiger partial charge in [-0.1, -0.05) is 0 Å². The summed E-state index contributed by atoms with van der Waals surface area (Å²) in [6, 6.07) is 2.53. The summed E-state index contributed by atoms with van der Waals surface area (Å²) in [4.78, 5) is 8.07. The van der Waals surface area contributed by atoms with Gasteiger partial charge < -0.3 is 35.7 Å². The SMILES string of the molecule is C[C@@]1(O)[C@@H](C(O)c2cc(C(F)F)c(F)c3c2CNCC3)O[C@@H](n2ccc3c(N)ncnc32)[C@@H]1O. The summed E-state index contributed by atoms with van der Waals surface area (Å²) in [5, 5.41) is 36.9. The average molecular weight is 479 g/mol. The van der Waals surface area contributed by atoms with E-state index >= 15 is 0 Å². The van der Waals surface area contributed by atoms with Crippen molar-refractivity contribution in [2.45, 2.75) is 56.5 Å². The molecule has 5 rings (SSSR count). The van der Waals surface area contributed by atoms with Gasteiger partial charge in [-0.3, -0.25) is 0 Å². The highest BCUT2D eigenvalue weighted by atomic mass is 19.3. The van der Waals surface area contributed by atoms with Crippen LogP contribution in [0.1, 0.15) is 47.9 Å². The van der Waals surface area contributed by atoms with Crippen LogP contribution >= 0.6 is 0 Å². The quantitative estimate of drug-likeness (QED) is 0.379. The first kappa shape index (κ1) is 23.0. The zero-order chi connectivity index (χ0) is 24.4. The molecule has 1 aromatic carbocycles. The lowest BCUT2D eigenvalue weighted by Crippen LogP contribution is -2.47. The molecular weight excluding hydrogens is 455 g/mol. The van der Waals surface area contributed by atoms with Gasteiger partial charge in [-0.25, -0.2) is 23.1 Å².